The standard InChI is InChI=1S/C7H10N2.C4H10O4P/c1-9(2)7-3-5-8-6-4-7;1-2-3-4-8-9(5,6)7/h3-6H,1-2H3;4H,2-3H2,1H3,(H2,5,6,7)/q;-1/p+1. The van der Waals surface area contributed by atoms with Gasteiger partial charge >= 0.3 is 7.82 Å². The molecule has 1 aromatic heterocycles. The van der Waals surface area contributed by atoms with E-state index in [9.17, 15) is 4.57 Å². The van der Waals surface area contributed by atoms with Crippen molar-refractivity contribution < 1.29 is 23.9 Å². The van der Waals surface area contributed by atoms with Crippen molar-refractivity contribution in [2.45, 2.75) is 19.8 Å². The highest BCUT2D eigenvalue weighted by Gasteiger charge is 2.04. The lowest BCUT2D eigenvalue weighted by Crippen LogP contribution is -2.10. The predicted octanol–water partition coefficient (Wildman–Crippen LogP) is 1.62. The number of nitrogens with one attached hydrogen (secondary N) is 1. The van der Waals surface area contributed by atoms with E-state index in [2.05, 4.69) is 14.4 Å². The zero-order valence-electron chi connectivity index (χ0n) is 10.9. The summed E-state index contributed by atoms with van der Waals surface area (Å²) >= 11 is 0. The molecule has 0 unspecified atom stereocenters. The molecule has 7 heteroatoms. The van der Waals surface area contributed by atoms with Crippen molar-refractivity contribution in [1.82, 2.24) is 0 Å². The third-order valence-corrected chi connectivity index (χ3v) is 2.26. The van der Waals surface area contributed by atoms with Gasteiger partial charge < -0.3 is 19.2 Å². The number of H-pyrrole nitrogens is 1. The monoisotopic (exact) mass is 276 g/mol. The van der Waals surface area contributed by atoms with Gasteiger partial charge in [0, 0.05) is 31.9 Å². The first-order valence-corrected chi connectivity index (χ1v) is 7.09. The molecule has 1 heterocycles. The third kappa shape index (κ3) is 10.2. The van der Waals surface area contributed by atoms with E-state index in [0.717, 1.165) is 13.0 Å². The van der Waals surface area contributed by atoms with Gasteiger partial charge in [0.15, 0.2) is 12.4 Å². The van der Waals surface area contributed by atoms with Gasteiger partial charge in [0.1, 0.15) is 0 Å². The van der Waals surface area contributed by atoms with Gasteiger partial charge in [-0.1, -0.05) is 13.3 Å². The van der Waals surface area contributed by atoms with Gasteiger partial charge in [0.2, 0.25) is 0 Å². The van der Waals surface area contributed by atoms with Crippen molar-refractivity contribution in [3.05, 3.63) is 31.1 Å². The van der Waals surface area contributed by atoms with Gasteiger partial charge in [-0.05, 0) is 0 Å². The Balaban J connectivity index is 0.000000321. The lowest BCUT2D eigenvalue weighted by molar-refractivity contribution is -0.377. The zero-order valence-corrected chi connectivity index (χ0v) is 11.8. The lowest BCUT2D eigenvalue weighted by atomic mass is 10.4. The van der Waals surface area contributed by atoms with Crippen LogP contribution in [-0.2, 0) is 9.09 Å². The number of hydrogen-bond acceptors (Lipinski definition) is 3. The minimum absolute atomic E-state index is 0.561. The van der Waals surface area contributed by atoms with E-state index < -0.39 is 7.82 Å². The average Bonchev–Trinajstić information content (AvgIpc) is 2.30. The maximum Gasteiger partial charge on any atom is 0.438 e. The summed E-state index contributed by atoms with van der Waals surface area (Å²) in [5, 5.41) is 0. The third-order valence-electron chi connectivity index (χ3n) is 1.84. The van der Waals surface area contributed by atoms with Gasteiger partial charge in [0.05, 0.1) is 0 Å². The predicted molar refractivity (Wildman–Crippen MR) is 69.7 cm³/mol. The molecule has 1 rings (SSSR count). The first kappa shape index (κ1) is 17.1. The molecule has 0 atom stereocenters. The Morgan fingerprint density at radius 1 is 1.39 bits per heavy atom. The molecule has 0 aliphatic heterocycles. The second-order valence-electron chi connectivity index (χ2n) is 3.70. The Morgan fingerprint density at radius 2 is 1.94 bits per heavy atom. The van der Waals surface area contributed by atoms with Crippen molar-refractivity contribution >= 4 is 13.5 Å². The van der Waals surface area contributed by atoms with Crippen LogP contribution in [0.5, 0.6) is 0 Å². The molecule has 18 heavy (non-hydrogen) atoms. The van der Waals surface area contributed by atoms with Crippen LogP contribution < -0.4 is 9.88 Å². The van der Waals surface area contributed by atoms with E-state index in [1.54, 1.807) is 0 Å². The van der Waals surface area contributed by atoms with Gasteiger partial charge in [-0.25, -0.2) is 9.55 Å². The number of aromatic amines is 1. The van der Waals surface area contributed by atoms with E-state index >= 15 is 0 Å². The number of phosphoric acid groups is 1. The smallest absolute Gasteiger partial charge is 0.438 e. The second kappa shape index (κ2) is 9.05. The SMILES string of the molecule is CCC[CH-]OP(=O)(O)O.CN(C)c1cc[nH+]cc1. The van der Waals surface area contributed by atoms with E-state index in [0.29, 0.717) is 6.42 Å². The molecule has 0 saturated heterocycles. The Hall–Kier alpha value is -0.940. The summed E-state index contributed by atoms with van der Waals surface area (Å²) in [4.78, 5) is 21.2. The molecule has 6 nitrogen and oxygen atoms in total. The fraction of sp³-hybridized carbons (Fsp3) is 0.455. The average molecular weight is 276 g/mol. The zero-order chi connectivity index (χ0) is 14.0. The first-order chi connectivity index (χ1) is 8.37. The molecule has 0 aliphatic rings. The van der Waals surface area contributed by atoms with Crippen molar-refractivity contribution in [2.24, 2.45) is 0 Å². The van der Waals surface area contributed by atoms with E-state index in [1.807, 2.05) is 45.5 Å². The van der Waals surface area contributed by atoms with Crippen LogP contribution in [-0.4, -0.2) is 23.9 Å². The number of phosphoric ester groups is 1. The molecule has 0 bridgehead atoms. The molecular formula is C11H21N2O4P. The number of hydrogen-bond donors (Lipinski definition) is 2. The van der Waals surface area contributed by atoms with Gasteiger partial charge in [-0.3, -0.25) is 0 Å². The van der Waals surface area contributed by atoms with Crippen LogP contribution in [0.1, 0.15) is 19.8 Å². The Morgan fingerprint density at radius 3 is 2.28 bits per heavy atom. The quantitative estimate of drug-likeness (QED) is 0.485. The van der Waals surface area contributed by atoms with E-state index in [1.165, 1.54) is 5.69 Å². The minimum Gasteiger partial charge on any atom is -0.464 e. The van der Waals surface area contributed by atoms with Crippen LogP contribution in [0.3, 0.4) is 0 Å². The number of pyridine rings is 1. The fourth-order valence-corrected chi connectivity index (χ4v) is 1.24. The molecule has 104 valence electrons. The molecule has 1 aromatic rings. The van der Waals surface area contributed by atoms with Crippen molar-refractivity contribution in [3.63, 3.8) is 0 Å². The number of rotatable bonds is 5. The molecule has 0 saturated carbocycles. The van der Waals surface area contributed by atoms with Crippen LogP contribution in [0, 0.1) is 6.61 Å². The van der Waals surface area contributed by atoms with Crippen LogP contribution in [0.25, 0.3) is 0 Å². The summed E-state index contributed by atoms with van der Waals surface area (Å²) in [6.45, 7) is 3.01. The normalized spacial score (nSPS) is 10.5. The Kier molecular flexibility index (Phi) is 8.58. The molecule has 0 aromatic carbocycles. The highest BCUT2D eigenvalue weighted by atomic mass is 31.2. The number of unbranched alkanes of at least 4 members (excludes halogenated alkanes) is 1. The topological polar surface area (TPSA) is 84.1 Å². The second-order valence-corrected chi connectivity index (χ2v) is 4.90. The molecule has 0 radical (unpaired) electrons. The number of aromatic nitrogens is 1. The summed E-state index contributed by atoms with van der Waals surface area (Å²) < 4.78 is 14.0. The Labute approximate surface area is 108 Å². The van der Waals surface area contributed by atoms with Crippen LogP contribution >= 0.6 is 7.82 Å². The van der Waals surface area contributed by atoms with Gasteiger partial charge in [0.25, 0.3) is 0 Å². The van der Waals surface area contributed by atoms with E-state index in [4.69, 9.17) is 9.79 Å². The van der Waals surface area contributed by atoms with E-state index in [-0.39, 0.29) is 0 Å². The van der Waals surface area contributed by atoms with Crippen LogP contribution in [0.15, 0.2) is 24.5 Å². The summed E-state index contributed by atoms with van der Waals surface area (Å²) in [7, 11) is -0.205. The minimum atomic E-state index is -4.25. The lowest BCUT2D eigenvalue weighted by Gasteiger charge is -2.13. The van der Waals surface area contributed by atoms with Gasteiger partial charge in [-0.2, -0.15) is 13.0 Å². The van der Waals surface area contributed by atoms with Crippen LogP contribution in [0.4, 0.5) is 5.69 Å². The molecule has 0 aliphatic carbocycles. The van der Waals surface area contributed by atoms with Crippen molar-refractivity contribution in [1.29, 1.82) is 0 Å². The summed E-state index contributed by atoms with van der Waals surface area (Å²) in [5.74, 6) is 0. The maximum absolute atomic E-state index is 9.95. The fourth-order valence-electron chi connectivity index (χ4n) is 0.944. The molecule has 0 amide bonds. The maximum atomic E-state index is 9.95. The van der Waals surface area contributed by atoms with Crippen molar-refractivity contribution in [3.8, 4) is 0 Å². The van der Waals surface area contributed by atoms with Crippen LogP contribution in [0.2, 0.25) is 0 Å². The number of nitrogens with zero attached hydrogens (tertiary/aromatic N) is 1. The summed E-state index contributed by atoms with van der Waals surface area (Å²) in [6, 6.07) is 4.06. The highest BCUT2D eigenvalue weighted by Crippen LogP contribution is 2.37. The Bertz CT molecular complexity index is 353. The summed E-state index contributed by atoms with van der Waals surface area (Å²) in [5.41, 5.74) is 1.22. The first-order valence-electron chi connectivity index (χ1n) is 5.56. The molecule has 0 fully saturated rings. The highest BCUT2D eigenvalue weighted by molar-refractivity contribution is 7.46. The molecule has 3 N–H and O–H groups in total. The largest absolute Gasteiger partial charge is 0.464 e. The van der Waals surface area contributed by atoms with Gasteiger partial charge in [-0.15, -0.1) is 0 Å². The van der Waals surface area contributed by atoms with Crippen molar-refractivity contribution in [2.75, 3.05) is 19.0 Å². The molecular weight excluding hydrogens is 255 g/mol. The number of anilines is 1. The molecule has 0 spiro atoms. The summed E-state index contributed by atoms with van der Waals surface area (Å²) in [6.07, 6.45) is 5.20.